The molecule has 0 aromatic heterocycles. The lowest BCUT2D eigenvalue weighted by molar-refractivity contribution is -0.0630. The summed E-state index contributed by atoms with van der Waals surface area (Å²) in [4.78, 5) is 0. The molecule has 0 aliphatic carbocycles. The van der Waals surface area contributed by atoms with E-state index in [0.29, 0.717) is 12.6 Å². The average Bonchev–Trinajstić information content (AvgIpc) is 2.43. The van der Waals surface area contributed by atoms with Crippen LogP contribution in [0, 0.1) is 0 Å². The number of hydrogen-bond acceptors (Lipinski definition) is 3. The summed E-state index contributed by atoms with van der Waals surface area (Å²) in [6.45, 7) is 9.59. The molecule has 0 spiro atoms. The summed E-state index contributed by atoms with van der Waals surface area (Å²) in [5.41, 5.74) is 2.62. The van der Waals surface area contributed by atoms with Gasteiger partial charge in [0.1, 0.15) is 0 Å². The van der Waals surface area contributed by atoms with Gasteiger partial charge in [-0.3, -0.25) is 0 Å². The summed E-state index contributed by atoms with van der Waals surface area (Å²) < 4.78 is 11.3. The van der Waals surface area contributed by atoms with Crippen LogP contribution in [0.15, 0.2) is 24.3 Å². The lowest BCUT2D eigenvalue weighted by Gasteiger charge is -2.36. The fourth-order valence-corrected chi connectivity index (χ4v) is 2.74. The van der Waals surface area contributed by atoms with Crippen molar-refractivity contribution in [3.8, 4) is 0 Å². The van der Waals surface area contributed by atoms with E-state index in [0.717, 1.165) is 32.6 Å². The minimum Gasteiger partial charge on any atom is -0.377 e. The highest BCUT2D eigenvalue weighted by molar-refractivity contribution is 5.26. The molecule has 1 saturated heterocycles. The van der Waals surface area contributed by atoms with Gasteiger partial charge in [-0.05, 0) is 44.7 Å². The van der Waals surface area contributed by atoms with Crippen molar-refractivity contribution in [1.29, 1.82) is 0 Å². The second-order valence-electron chi connectivity index (χ2n) is 6.08. The van der Waals surface area contributed by atoms with E-state index in [9.17, 15) is 0 Å². The molecular formula is C17H27NO2. The maximum absolute atomic E-state index is 5.76. The number of ether oxygens (including phenoxy) is 2. The topological polar surface area (TPSA) is 30.5 Å². The van der Waals surface area contributed by atoms with Gasteiger partial charge in [0, 0.05) is 25.8 Å². The third-order valence-corrected chi connectivity index (χ3v) is 3.86. The van der Waals surface area contributed by atoms with Crippen molar-refractivity contribution in [3.05, 3.63) is 35.4 Å². The third kappa shape index (κ3) is 4.58. The largest absolute Gasteiger partial charge is 0.377 e. The van der Waals surface area contributed by atoms with E-state index in [2.05, 4.69) is 43.4 Å². The molecule has 1 atom stereocenters. The first-order chi connectivity index (χ1) is 9.61. The van der Waals surface area contributed by atoms with E-state index in [1.54, 1.807) is 0 Å². The summed E-state index contributed by atoms with van der Waals surface area (Å²) >= 11 is 0. The van der Waals surface area contributed by atoms with Crippen LogP contribution in [-0.2, 0) is 22.6 Å². The SMILES string of the molecule is CCOCc1ccccc1CNC1CCOC(C)(C)C1. The zero-order valence-corrected chi connectivity index (χ0v) is 12.9. The van der Waals surface area contributed by atoms with Crippen LogP contribution in [0.2, 0.25) is 0 Å². The Balaban J connectivity index is 1.90. The molecule has 1 N–H and O–H groups in total. The first-order valence-corrected chi connectivity index (χ1v) is 7.62. The molecule has 0 amide bonds. The van der Waals surface area contributed by atoms with E-state index in [-0.39, 0.29) is 5.60 Å². The smallest absolute Gasteiger partial charge is 0.0719 e. The maximum atomic E-state index is 5.76. The Labute approximate surface area is 122 Å². The van der Waals surface area contributed by atoms with Crippen LogP contribution >= 0.6 is 0 Å². The molecule has 0 bridgehead atoms. The first-order valence-electron chi connectivity index (χ1n) is 7.62. The second-order valence-corrected chi connectivity index (χ2v) is 6.08. The Morgan fingerprint density at radius 3 is 2.75 bits per heavy atom. The molecule has 1 aromatic rings. The Morgan fingerprint density at radius 2 is 2.05 bits per heavy atom. The number of rotatable bonds is 6. The molecule has 1 aliphatic rings. The molecule has 1 fully saturated rings. The van der Waals surface area contributed by atoms with Crippen LogP contribution < -0.4 is 5.32 Å². The van der Waals surface area contributed by atoms with Crippen molar-refractivity contribution in [3.63, 3.8) is 0 Å². The van der Waals surface area contributed by atoms with Gasteiger partial charge < -0.3 is 14.8 Å². The van der Waals surface area contributed by atoms with Gasteiger partial charge in [0.2, 0.25) is 0 Å². The molecule has 1 heterocycles. The third-order valence-electron chi connectivity index (χ3n) is 3.86. The second kappa shape index (κ2) is 7.21. The number of nitrogens with one attached hydrogen (secondary N) is 1. The summed E-state index contributed by atoms with van der Waals surface area (Å²) in [5, 5.41) is 3.67. The molecule has 20 heavy (non-hydrogen) atoms. The van der Waals surface area contributed by atoms with Gasteiger partial charge in [0.25, 0.3) is 0 Å². The monoisotopic (exact) mass is 277 g/mol. The van der Waals surface area contributed by atoms with Crippen molar-refractivity contribution in [2.24, 2.45) is 0 Å². The predicted molar refractivity (Wildman–Crippen MR) is 81.7 cm³/mol. The molecule has 3 nitrogen and oxygen atoms in total. The van der Waals surface area contributed by atoms with Crippen LogP contribution in [0.1, 0.15) is 44.7 Å². The van der Waals surface area contributed by atoms with Crippen molar-refractivity contribution >= 4 is 0 Å². The molecule has 0 radical (unpaired) electrons. The minimum absolute atomic E-state index is 0.000750. The van der Waals surface area contributed by atoms with E-state index >= 15 is 0 Å². The van der Waals surface area contributed by atoms with Crippen molar-refractivity contribution < 1.29 is 9.47 Å². The van der Waals surface area contributed by atoms with Crippen LogP contribution in [-0.4, -0.2) is 24.9 Å². The van der Waals surface area contributed by atoms with E-state index in [1.165, 1.54) is 11.1 Å². The normalized spacial score (nSPS) is 21.9. The Bertz CT molecular complexity index is 417. The van der Waals surface area contributed by atoms with Crippen LogP contribution in [0.5, 0.6) is 0 Å². The highest BCUT2D eigenvalue weighted by atomic mass is 16.5. The van der Waals surface area contributed by atoms with E-state index < -0.39 is 0 Å². The molecule has 3 heteroatoms. The van der Waals surface area contributed by atoms with Gasteiger partial charge in [-0.2, -0.15) is 0 Å². The highest BCUT2D eigenvalue weighted by Crippen LogP contribution is 2.24. The predicted octanol–water partition coefficient (Wildman–Crippen LogP) is 3.27. The molecule has 1 aliphatic heterocycles. The summed E-state index contributed by atoms with van der Waals surface area (Å²) in [7, 11) is 0. The molecule has 2 rings (SSSR count). The lowest BCUT2D eigenvalue weighted by atomic mass is 9.93. The molecule has 1 aromatic carbocycles. The van der Waals surface area contributed by atoms with Crippen molar-refractivity contribution in [1.82, 2.24) is 5.32 Å². The molecule has 0 saturated carbocycles. The summed E-state index contributed by atoms with van der Waals surface area (Å²) in [6, 6.07) is 9.06. The first kappa shape index (κ1) is 15.5. The molecule has 112 valence electrons. The number of hydrogen-bond donors (Lipinski definition) is 1. The Morgan fingerprint density at radius 1 is 1.30 bits per heavy atom. The molecular weight excluding hydrogens is 250 g/mol. The van der Waals surface area contributed by atoms with Crippen LogP contribution in [0.25, 0.3) is 0 Å². The van der Waals surface area contributed by atoms with Crippen molar-refractivity contribution in [2.45, 2.75) is 58.4 Å². The van der Waals surface area contributed by atoms with Gasteiger partial charge in [0.15, 0.2) is 0 Å². The van der Waals surface area contributed by atoms with Gasteiger partial charge in [-0.15, -0.1) is 0 Å². The zero-order chi connectivity index (χ0) is 14.4. The average molecular weight is 277 g/mol. The highest BCUT2D eigenvalue weighted by Gasteiger charge is 2.28. The van der Waals surface area contributed by atoms with E-state index in [4.69, 9.17) is 9.47 Å². The summed E-state index contributed by atoms with van der Waals surface area (Å²) in [6.07, 6.45) is 2.16. The van der Waals surface area contributed by atoms with Crippen LogP contribution in [0.3, 0.4) is 0 Å². The maximum Gasteiger partial charge on any atom is 0.0719 e. The fourth-order valence-electron chi connectivity index (χ4n) is 2.74. The number of benzene rings is 1. The van der Waals surface area contributed by atoms with Gasteiger partial charge >= 0.3 is 0 Å². The standard InChI is InChI=1S/C17H27NO2/c1-4-19-13-15-8-6-5-7-14(15)12-18-16-9-10-20-17(2,3)11-16/h5-8,16,18H,4,9-13H2,1-3H3. The Hall–Kier alpha value is -0.900. The summed E-state index contributed by atoms with van der Waals surface area (Å²) in [5.74, 6) is 0. The van der Waals surface area contributed by atoms with E-state index in [1.807, 2.05) is 6.92 Å². The zero-order valence-electron chi connectivity index (χ0n) is 12.9. The minimum atomic E-state index is 0.000750. The van der Waals surface area contributed by atoms with Crippen LogP contribution in [0.4, 0.5) is 0 Å². The fraction of sp³-hybridized carbons (Fsp3) is 0.647. The quantitative estimate of drug-likeness (QED) is 0.865. The van der Waals surface area contributed by atoms with Gasteiger partial charge in [0.05, 0.1) is 12.2 Å². The van der Waals surface area contributed by atoms with Gasteiger partial charge in [-0.25, -0.2) is 0 Å². The lowest BCUT2D eigenvalue weighted by Crippen LogP contribution is -2.43. The Kier molecular flexibility index (Phi) is 5.58. The van der Waals surface area contributed by atoms with Crippen molar-refractivity contribution in [2.75, 3.05) is 13.2 Å². The van der Waals surface area contributed by atoms with Gasteiger partial charge in [-0.1, -0.05) is 24.3 Å². The molecule has 1 unspecified atom stereocenters.